The summed E-state index contributed by atoms with van der Waals surface area (Å²) < 4.78 is 0.967. The maximum absolute atomic E-state index is 11.8. The van der Waals surface area contributed by atoms with Crippen molar-refractivity contribution in [2.24, 2.45) is 10.7 Å². The van der Waals surface area contributed by atoms with Crippen molar-refractivity contribution in [3.05, 3.63) is 59.1 Å². The number of carbonyl (C=O) groups excluding carboxylic acids is 1. The van der Waals surface area contributed by atoms with E-state index in [1.165, 1.54) is 0 Å². The minimum absolute atomic E-state index is 0. The van der Waals surface area contributed by atoms with Crippen molar-refractivity contribution in [3.63, 3.8) is 0 Å². The Kier molecular flexibility index (Phi) is 8.64. The average molecular weight is 489 g/mol. The predicted octanol–water partition coefficient (Wildman–Crippen LogP) is 3.82. The monoisotopic (exact) mass is 488 g/mol. The Morgan fingerprint density at radius 2 is 1.61 bits per heavy atom. The summed E-state index contributed by atoms with van der Waals surface area (Å²) in [5.41, 5.74) is 7.38. The Morgan fingerprint density at radius 1 is 1.00 bits per heavy atom. The van der Waals surface area contributed by atoms with Crippen LogP contribution in [0.3, 0.4) is 0 Å². The lowest BCUT2D eigenvalue weighted by molar-refractivity contribution is -0.116. The van der Waals surface area contributed by atoms with E-state index in [0.717, 1.165) is 15.8 Å². The fourth-order valence-corrected chi connectivity index (χ4v) is 2.01. The van der Waals surface area contributed by atoms with Gasteiger partial charge < -0.3 is 16.4 Å². The number of nitrogens with one attached hydrogen (secondary N) is 2. The Balaban J connectivity index is 0.00000264. The number of hydrogen-bond acceptors (Lipinski definition) is 2. The molecule has 5 nitrogen and oxygen atoms in total. The van der Waals surface area contributed by atoms with Crippen molar-refractivity contribution in [1.29, 1.82) is 0 Å². The van der Waals surface area contributed by atoms with Crippen LogP contribution in [0.25, 0.3) is 0 Å². The summed E-state index contributed by atoms with van der Waals surface area (Å²) in [5, 5.41) is 5.76. The van der Waals surface area contributed by atoms with Gasteiger partial charge in [0.05, 0.1) is 6.54 Å². The highest BCUT2D eigenvalue weighted by Crippen LogP contribution is 2.14. The Morgan fingerprint density at radius 3 is 2.26 bits per heavy atom. The van der Waals surface area contributed by atoms with Gasteiger partial charge in [0.2, 0.25) is 5.91 Å². The summed E-state index contributed by atoms with van der Waals surface area (Å²) >= 11 is 3.35. The fraction of sp³-hybridized carbons (Fsp3) is 0.125. The van der Waals surface area contributed by atoms with Crippen LogP contribution in [-0.4, -0.2) is 18.4 Å². The summed E-state index contributed by atoms with van der Waals surface area (Å²) in [6, 6.07) is 16.9. The number of para-hydroxylation sites is 1. The molecule has 0 aromatic heterocycles. The second-order valence-electron chi connectivity index (χ2n) is 4.56. The number of benzene rings is 2. The number of aliphatic imine (C=N–C) groups is 1. The van der Waals surface area contributed by atoms with Gasteiger partial charge in [-0.1, -0.05) is 34.1 Å². The van der Waals surface area contributed by atoms with Gasteiger partial charge in [-0.25, -0.2) is 0 Å². The largest absolute Gasteiger partial charge is 0.370 e. The molecule has 0 radical (unpaired) electrons. The van der Waals surface area contributed by atoms with Gasteiger partial charge in [-0.2, -0.15) is 0 Å². The first-order valence-electron chi connectivity index (χ1n) is 6.81. The number of anilines is 2. The summed E-state index contributed by atoms with van der Waals surface area (Å²) in [6.45, 7) is 0.327. The van der Waals surface area contributed by atoms with Crippen molar-refractivity contribution in [3.8, 4) is 0 Å². The third-order valence-electron chi connectivity index (χ3n) is 2.80. The Hall–Kier alpha value is -1.61. The van der Waals surface area contributed by atoms with Crippen molar-refractivity contribution < 1.29 is 4.79 Å². The van der Waals surface area contributed by atoms with E-state index in [0.29, 0.717) is 12.5 Å². The maximum Gasteiger partial charge on any atom is 0.226 e. The van der Waals surface area contributed by atoms with Gasteiger partial charge in [0.25, 0.3) is 0 Å². The van der Waals surface area contributed by atoms with Gasteiger partial charge in [0.1, 0.15) is 0 Å². The van der Waals surface area contributed by atoms with Crippen LogP contribution in [0.1, 0.15) is 6.42 Å². The SMILES string of the molecule is I.NC(=NCCC(=O)Nc1ccc(Br)cc1)Nc1ccccc1. The van der Waals surface area contributed by atoms with E-state index in [1.54, 1.807) is 0 Å². The first-order valence-corrected chi connectivity index (χ1v) is 7.60. The summed E-state index contributed by atoms with van der Waals surface area (Å²) in [5.74, 6) is 0.196. The Labute approximate surface area is 160 Å². The number of halogens is 2. The molecule has 0 fully saturated rings. The van der Waals surface area contributed by atoms with Gasteiger partial charge in [-0.3, -0.25) is 9.79 Å². The number of nitrogens with two attached hydrogens (primary N) is 1. The number of carbonyl (C=O) groups is 1. The van der Waals surface area contributed by atoms with E-state index in [2.05, 4.69) is 31.6 Å². The lowest BCUT2D eigenvalue weighted by Crippen LogP contribution is -2.23. The first-order chi connectivity index (χ1) is 10.6. The van der Waals surface area contributed by atoms with E-state index in [1.807, 2.05) is 54.6 Å². The lowest BCUT2D eigenvalue weighted by Gasteiger charge is -2.06. The molecule has 0 aliphatic rings. The number of guanidine groups is 1. The first kappa shape index (κ1) is 19.4. The molecular formula is C16H18BrIN4O. The summed E-state index contributed by atoms with van der Waals surface area (Å²) in [7, 11) is 0. The molecule has 2 aromatic rings. The van der Waals surface area contributed by atoms with Gasteiger partial charge in [0.15, 0.2) is 5.96 Å². The molecule has 4 N–H and O–H groups in total. The molecular weight excluding hydrogens is 471 g/mol. The van der Waals surface area contributed by atoms with Crippen molar-refractivity contribution >= 4 is 63.1 Å². The second-order valence-corrected chi connectivity index (χ2v) is 5.48. The quantitative estimate of drug-likeness (QED) is 0.340. The van der Waals surface area contributed by atoms with E-state index < -0.39 is 0 Å². The van der Waals surface area contributed by atoms with Crippen LogP contribution in [0, 0.1) is 0 Å². The van der Waals surface area contributed by atoms with Gasteiger partial charge in [-0.05, 0) is 36.4 Å². The average Bonchev–Trinajstić information content (AvgIpc) is 2.50. The van der Waals surface area contributed by atoms with Crippen LogP contribution in [0.5, 0.6) is 0 Å². The highest BCUT2D eigenvalue weighted by molar-refractivity contribution is 14.0. The zero-order chi connectivity index (χ0) is 15.8. The van der Waals surface area contributed by atoms with Gasteiger partial charge in [-0.15, -0.1) is 24.0 Å². The van der Waals surface area contributed by atoms with Crippen LogP contribution in [0.15, 0.2) is 64.1 Å². The third-order valence-corrected chi connectivity index (χ3v) is 3.32. The van der Waals surface area contributed by atoms with Crippen LogP contribution >= 0.6 is 39.9 Å². The maximum atomic E-state index is 11.8. The number of rotatable bonds is 5. The normalized spacial score (nSPS) is 10.6. The molecule has 2 aromatic carbocycles. The molecule has 0 saturated heterocycles. The van der Waals surface area contributed by atoms with Crippen LogP contribution in [0.2, 0.25) is 0 Å². The zero-order valence-electron chi connectivity index (χ0n) is 12.3. The van der Waals surface area contributed by atoms with Crippen LogP contribution in [0.4, 0.5) is 11.4 Å². The highest BCUT2D eigenvalue weighted by atomic mass is 127. The second kappa shape index (κ2) is 10.2. The summed E-state index contributed by atoms with van der Waals surface area (Å²) in [6.07, 6.45) is 0.271. The minimum atomic E-state index is -0.0985. The molecule has 7 heteroatoms. The molecule has 0 aliphatic heterocycles. The molecule has 0 aliphatic carbocycles. The van der Waals surface area contributed by atoms with E-state index >= 15 is 0 Å². The fourth-order valence-electron chi connectivity index (χ4n) is 1.74. The number of nitrogens with zero attached hydrogens (tertiary/aromatic N) is 1. The molecule has 23 heavy (non-hydrogen) atoms. The molecule has 0 atom stereocenters. The number of amides is 1. The molecule has 0 bridgehead atoms. The molecule has 122 valence electrons. The number of hydrogen-bond donors (Lipinski definition) is 3. The standard InChI is InChI=1S/C16H17BrN4O.HI/c17-12-6-8-14(9-7-12)20-15(22)10-11-19-16(18)21-13-4-2-1-3-5-13;/h1-9H,10-11H2,(H,20,22)(H3,18,19,21);1H. The Bertz CT molecular complexity index is 647. The highest BCUT2D eigenvalue weighted by Gasteiger charge is 2.02. The van der Waals surface area contributed by atoms with E-state index in [-0.39, 0.29) is 36.3 Å². The smallest absolute Gasteiger partial charge is 0.226 e. The van der Waals surface area contributed by atoms with Crippen LogP contribution in [-0.2, 0) is 4.79 Å². The topological polar surface area (TPSA) is 79.5 Å². The third kappa shape index (κ3) is 7.47. The van der Waals surface area contributed by atoms with E-state index in [4.69, 9.17) is 5.73 Å². The lowest BCUT2D eigenvalue weighted by atomic mass is 10.3. The van der Waals surface area contributed by atoms with Crippen molar-refractivity contribution in [2.75, 3.05) is 17.2 Å². The van der Waals surface area contributed by atoms with Crippen molar-refractivity contribution in [1.82, 2.24) is 0 Å². The molecule has 0 spiro atoms. The molecule has 1 amide bonds. The molecule has 0 saturated carbocycles. The van der Waals surface area contributed by atoms with Gasteiger partial charge in [0, 0.05) is 22.3 Å². The van der Waals surface area contributed by atoms with E-state index in [9.17, 15) is 4.79 Å². The minimum Gasteiger partial charge on any atom is -0.370 e. The predicted molar refractivity (Wildman–Crippen MR) is 109 cm³/mol. The summed E-state index contributed by atoms with van der Waals surface area (Å²) in [4.78, 5) is 15.9. The van der Waals surface area contributed by atoms with Crippen molar-refractivity contribution in [2.45, 2.75) is 6.42 Å². The zero-order valence-corrected chi connectivity index (χ0v) is 16.2. The molecule has 0 unspecified atom stereocenters. The van der Waals surface area contributed by atoms with Gasteiger partial charge >= 0.3 is 0 Å². The van der Waals surface area contributed by atoms with Crippen LogP contribution < -0.4 is 16.4 Å². The molecule has 2 rings (SSSR count). The molecule has 0 heterocycles.